The van der Waals surface area contributed by atoms with Crippen LogP contribution in [0.2, 0.25) is 0 Å². The number of aryl methyl sites for hydroxylation is 1. The van der Waals surface area contributed by atoms with Crippen molar-refractivity contribution in [3.05, 3.63) is 34.9 Å². The minimum Gasteiger partial charge on any atom is -0.389 e. The third-order valence-corrected chi connectivity index (χ3v) is 5.44. The van der Waals surface area contributed by atoms with Crippen LogP contribution in [0.4, 0.5) is 5.69 Å². The first kappa shape index (κ1) is 15.6. The Balaban J connectivity index is 1.46. The first-order valence-corrected chi connectivity index (χ1v) is 8.69. The molecule has 0 atom stereocenters. The number of nitrogens with zero attached hydrogens (tertiary/aromatic N) is 4. The van der Waals surface area contributed by atoms with Crippen molar-refractivity contribution in [2.24, 2.45) is 7.05 Å². The lowest BCUT2D eigenvalue weighted by Crippen LogP contribution is -2.54. The number of rotatable bonds is 3. The fourth-order valence-corrected chi connectivity index (χ4v) is 3.72. The van der Waals surface area contributed by atoms with Gasteiger partial charge in [0.05, 0.1) is 22.8 Å². The molecule has 4 rings (SSSR count). The van der Waals surface area contributed by atoms with E-state index < -0.39 is 5.60 Å². The molecule has 128 valence electrons. The number of aliphatic hydroxyl groups is 1. The first-order chi connectivity index (χ1) is 11.5. The van der Waals surface area contributed by atoms with Crippen molar-refractivity contribution in [3.63, 3.8) is 0 Å². The van der Waals surface area contributed by atoms with Crippen LogP contribution < -0.4 is 10.5 Å². The molecule has 2 aliphatic rings. The summed E-state index contributed by atoms with van der Waals surface area (Å²) >= 11 is 0. The Morgan fingerprint density at radius 2 is 1.96 bits per heavy atom. The van der Waals surface area contributed by atoms with E-state index in [1.165, 1.54) is 4.57 Å². The third-order valence-electron chi connectivity index (χ3n) is 5.44. The zero-order chi connectivity index (χ0) is 16.7. The van der Waals surface area contributed by atoms with Crippen LogP contribution in [-0.2, 0) is 7.05 Å². The van der Waals surface area contributed by atoms with Crippen LogP contribution in [-0.4, -0.2) is 57.9 Å². The maximum absolute atomic E-state index is 12.1. The summed E-state index contributed by atoms with van der Waals surface area (Å²) < 4.78 is 1.51. The highest BCUT2D eigenvalue weighted by molar-refractivity contribution is 5.81. The largest absolute Gasteiger partial charge is 0.389 e. The summed E-state index contributed by atoms with van der Waals surface area (Å²) in [5.74, 6) is 0. The van der Waals surface area contributed by atoms with Gasteiger partial charge in [0, 0.05) is 45.5 Å². The van der Waals surface area contributed by atoms with Gasteiger partial charge in [-0.25, -0.2) is 4.98 Å². The number of piperazine rings is 1. The smallest absolute Gasteiger partial charge is 0.260 e. The Bertz CT molecular complexity index is 804. The number of aromatic nitrogens is 2. The van der Waals surface area contributed by atoms with Gasteiger partial charge in [0.2, 0.25) is 0 Å². The fourth-order valence-electron chi connectivity index (χ4n) is 3.72. The maximum atomic E-state index is 12.1. The molecule has 1 aromatic heterocycles. The lowest BCUT2D eigenvalue weighted by molar-refractivity contribution is -0.0594. The molecule has 1 N–H and O–H groups in total. The van der Waals surface area contributed by atoms with E-state index in [1.807, 2.05) is 18.2 Å². The molecular weight excluding hydrogens is 304 g/mol. The summed E-state index contributed by atoms with van der Waals surface area (Å²) in [4.78, 5) is 21.2. The molecule has 2 aromatic rings. The molecule has 1 aliphatic carbocycles. The van der Waals surface area contributed by atoms with Gasteiger partial charge in [-0.05, 0) is 37.5 Å². The van der Waals surface area contributed by atoms with Crippen molar-refractivity contribution in [2.75, 3.05) is 37.6 Å². The average molecular weight is 328 g/mol. The quantitative estimate of drug-likeness (QED) is 0.910. The first-order valence-electron chi connectivity index (χ1n) is 8.69. The predicted octanol–water partition coefficient (Wildman–Crippen LogP) is 0.970. The average Bonchev–Trinajstić information content (AvgIpc) is 2.57. The number of hydrogen-bond donors (Lipinski definition) is 1. The number of anilines is 1. The molecule has 0 spiro atoms. The highest BCUT2D eigenvalue weighted by Crippen LogP contribution is 2.32. The van der Waals surface area contributed by atoms with Gasteiger partial charge in [-0.15, -0.1) is 0 Å². The van der Waals surface area contributed by atoms with Crippen LogP contribution in [0, 0.1) is 0 Å². The molecule has 6 heteroatoms. The number of benzene rings is 1. The lowest BCUT2D eigenvalue weighted by Gasteiger charge is -2.44. The monoisotopic (exact) mass is 328 g/mol. The third kappa shape index (κ3) is 2.80. The van der Waals surface area contributed by atoms with E-state index in [1.54, 1.807) is 13.4 Å². The van der Waals surface area contributed by atoms with Crippen molar-refractivity contribution in [1.29, 1.82) is 0 Å². The van der Waals surface area contributed by atoms with E-state index in [2.05, 4.69) is 14.8 Å². The van der Waals surface area contributed by atoms with E-state index in [4.69, 9.17) is 0 Å². The molecule has 1 aliphatic heterocycles. The molecule has 2 heterocycles. The molecular formula is C18H24N4O2. The van der Waals surface area contributed by atoms with Crippen LogP contribution in [0.5, 0.6) is 0 Å². The highest BCUT2D eigenvalue weighted by Gasteiger charge is 2.36. The van der Waals surface area contributed by atoms with E-state index in [0.717, 1.165) is 63.2 Å². The Kier molecular flexibility index (Phi) is 3.81. The second-order valence-corrected chi connectivity index (χ2v) is 7.20. The SMILES string of the molecule is Cn1cnc2cc(N3CCN(CC4(O)CCC4)CC3)ccc2c1=O. The molecule has 0 unspecified atom stereocenters. The van der Waals surface area contributed by atoms with E-state index in [-0.39, 0.29) is 5.56 Å². The van der Waals surface area contributed by atoms with Gasteiger partial charge < -0.3 is 14.6 Å². The summed E-state index contributed by atoms with van der Waals surface area (Å²) in [7, 11) is 1.72. The topological polar surface area (TPSA) is 61.6 Å². The van der Waals surface area contributed by atoms with Crippen LogP contribution >= 0.6 is 0 Å². The minimum absolute atomic E-state index is 0.00916. The Labute approximate surface area is 141 Å². The summed E-state index contributed by atoms with van der Waals surface area (Å²) in [6.45, 7) is 4.60. The summed E-state index contributed by atoms with van der Waals surface area (Å²) in [5, 5.41) is 11.0. The van der Waals surface area contributed by atoms with Crippen molar-refractivity contribution >= 4 is 16.6 Å². The van der Waals surface area contributed by atoms with Crippen molar-refractivity contribution in [1.82, 2.24) is 14.5 Å². The summed E-state index contributed by atoms with van der Waals surface area (Å²) in [6.07, 6.45) is 4.61. The zero-order valence-corrected chi connectivity index (χ0v) is 14.1. The van der Waals surface area contributed by atoms with E-state index in [9.17, 15) is 9.90 Å². The number of hydrogen-bond acceptors (Lipinski definition) is 5. The molecule has 24 heavy (non-hydrogen) atoms. The van der Waals surface area contributed by atoms with Crippen LogP contribution in [0.1, 0.15) is 19.3 Å². The molecule has 1 aromatic carbocycles. The van der Waals surface area contributed by atoms with Crippen molar-refractivity contribution < 1.29 is 5.11 Å². The van der Waals surface area contributed by atoms with Gasteiger partial charge in [-0.1, -0.05) is 0 Å². The molecule has 0 radical (unpaired) electrons. The number of β-amino-alcohol motifs (C(OH)–C–C–N with tert-alkyl or cyclic N) is 1. The van der Waals surface area contributed by atoms with Crippen LogP contribution in [0.25, 0.3) is 10.9 Å². The van der Waals surface area contributed by atoms with Crippen LogP contribution in [0.15, 0.2) is 29.3 Å². The highest BCUT2D eigenvalue weighted by atomic mass is 16.3. The molecule has 6 nitrogen and oxygen atoms in total. The van der Waals surface area contributed by atoms with Gasteiger partial charge in [0.25, 0.3) is 5.56 Å². The number of fused-ring (bicyclic) bond motifs is 1. The minimum atomic E-state index is -0.435. The second-order valence-electron chi connectivity index (χ2n) is 7.20. The summed E-state index contributed by atoms with van der Waals surface area (Å²) in [5.41, 5.74) is 1.42. The van der Waals surface area contributed by atoms with Crippen molar-refractivity contribution in [3.8, 4) is 0 Å². The standard InChI is InChI=1S/C18H24N4O2/c1-20-13-19-16-11-14(3-4-15(16)17(20)23)22-9-7-21(8-10-22)12-18(24)5-2-6-18/h3-4,11,13,24H,2,5-10,12H2,1H3. The molecule has 2 fully saturated rings. The fraction of sp³-hybridized carbons (Fsp3) is 0.556. The Morgan fingerprint density at radius 3 is 2.62 bits per heavy atom. The Morgan fingerprint density at radius 1 is 1.21 bits per heavy atom. The Hall–Kier alpha value is -1.92. The molecule has 1 saturated carbocycles. The lowest BCUT2D eigenvalue weighted by atomic mass is 9.80. The van der Waals surface area contributed by atoms with Gasteiger partial charge >= 0.3 is 0 Å². The predicted molar refractivity (Wildman–Crippen MR) is 94.4 cm³/mol. The van der Waals surface area contributed by atoms with E-state index in [0.29, 0.717) is 5.39 Å². The van der Waals surface area contributed by atoms with Gasteiger partial charge in [-0.2, -0.15) is 0 Å². The molecule has 0 amide bonds. The molecule has 1 saturated heterocycles. The normalized spacial score (nSPS) is 21.0. The van der Waals surface area contributed by atoms with Gasteiger partial charge in [0.1, 0.15) is 0 Å². The molecule has 0 bridgehead atoms. The second kappa shape index (κ2) is 5.86. The van der Waals surface area contributed by atoms with Gasteiger partial charge in [0.15, 0.2) is 0 Å². The van der Waals surface area contributed by atoms with Gasteiger partial charge in [-0.3, -0.25) is 9.69 Å². The van der Waals surface area contributed by atoms with E-state index >= 15 is 0 Å². The van der Waals surface area contributed by atoms with Crippen LogP contribution in [0.3, 0.4) is 0 Å². The summed E-state index contributed by atoms with van der Waals surface area (Å²) in [6, 6.07) is 5.90. The zero-order valence-electron chi connectivity index (χ0n) is 14.1. The van der Waals surface area contributed by atoms with Crippen molar-refractivity contribution in [2.45, 2.75) is 24.9 Å². The maximum Gasteiger partial charge on any atom is 0.260 e.